The third kappa shape index (κ3) is 12.6. The smallest absolute Gasteiger partial charge is 0.243 e. The molecule has 0 aliphatic rings. The third-order valence-corrected chi connectivity index (χ3v) is 4.46. The van der Waals surface area contributed by atoms with E-state index >= 15 is 0 Å². The molecule has 5 amide bonds. The molecule has 0 spiro atoms. The lowest BCUT2D eigenvalue weighted by Gasteiger charge is -2.24. The lowest BCUT2D eigenvalue weighted by atomic mass is 10.0. The number of carbonyl (C=O) groups excluding carboxylic acids is 5. The molecular weight excluding hydrogens is 404 g/mol. The maximum atomic E-state index is 12.6. The van der Waals surface area contributed by atoms with Crippen molar-refractivity contribution in [2.24, 2.45) is 17.4 Å². The molecule has 0 aromatic heterocycles. The highest BCUT2D eigenvalue weighted by Gasteiger charge is 2.27. The number of amides is 5. The minimum absolute atomic E-state index is 0.116. The second-order valence-corrected chi connectivity index (χ2v) is 8.15. The van der Waals surface area contributed by atoms with Gasteiger partial charge in [0.05, 0.1) is 6.04 Å². The molecule has 0 unspecified atom stereocenters. The van der Waals surface area contributed by atoms with Crippen LogP contribution in [-0.2, 0) is 24.0 Å². The summed E-state index contributed by atoms with van der Waals surface area (Å²) in [5.74, 6) is -2.27. The summed E-state index contributed by atoms with van der Waals surface area (Å²) >= 11 is 0. The van der Waals surface area contributed by atoms with Crippen molar-refractivity contribution >= 4 is 29.5 Å². The summed E-state index contributed by atoms with van der Waals surface area (Å²) in [5.41, 5.74) is 10.9. The maximum Gasteiger partial charge on any atom is 0.243 e. The summed E-state index contributed by atoms with van der Waals surface area (Å²) in [7, 11) is 0. The van der Waals surface area contributed by atoms with Gasteiger partial charge < -0.3 is 32.7 Å². The summed E-state index contributed by atoms with van der Waals surface area (Å²) in [6.45, 7) is 8.66. The predicted molar refractivity (Wildman–Crippen MR) is 116 cm³/mol. The number of hydrogen-bond acceptors (Lipinski definition) is 6. The molecule has 0 aromatic carbocycles. The second kappa shape index (κ2) is 14.3. The molecule has 178 valence electrons. The number of primary amides is 1. The van der Waals surface area contributed by atoms with E-state index in [2.05, 4.69) is 21.3 Å². The van der Waals surface area contributed by atoms with E-state index < -0.39 is 47.8 Å². The van der Waals surface area contributed by atoms with Crippen molar-refractivity contribution < 1.29 is 24.0 Å². The van der Waals surface area contributed by atoms with Gasteiger partial charge in [0.2, 0.25) is 29.5 Å². The summed E-state index contributed by atoms with van der Waals surface area (Å²) in [5, 5.41) is 10.3. The molecule has 0 aromatic rings. The van der Waals surface area contributed by atoms with Gasteiger partial charge in [0, 0.05) is 13.5 Å². The van der Waals surface area contributed by atoms with Crippen molar-refractivity contribution in [3.8, 4) is 0 Å². The van der Waals surface area contributed by atoms with Crippen LogP contribution in [0.5, 0.6) is 0 Å². The highest BCUT2D eigenvalue weighted by atomic mass is 16.2. The number of nitrogens with two attached hydrogens (primary N) is 2. The number of rotatable bonds is 14. The van der Waals surface area contributed by atoms with Gasteiger partial charge in [-0.2, -0.15) is 0 Å². The summed E-state index contributed by atoms with van der Waals surface area (Å²) in [6.07, 6.45) is 1.87. The van der Waals surface area contributed by atoms with Gasteiger partial charge in [-0.25, -0.2) is 0 Å². The molecule has 0 aliphatic heterocycles. The standard InChI is InChI=1S/C20H38N6O5/c1-11(2)10-16(26-18(29)12(3)21)20(31)24-13(4)19(30)25-15(17(22)28)8-6-7-9-23-14(5)27/h11-13,15-16H,6-10,21H2,1-5H3,(H2,22,28)(H,23,27)(H,24,31)(H,25,30)(H,26,29)/t12-,13-,15-,16-/m0/s1. The van der Waals surface area contributed by atoms with E-state index in [1.807, 2.05) is 13.8 Å². The average molecular weight is 443 g/mol. The van der Waals surface area contributed by atoms with E-state index in [0.29, 0.717) is 32.2 Å². The van der Waals surface area contributed by atoms with E-state index in [4.69, 9.17) is 11.5 Å². The molecule has 0 aliphatic carbocycles. The third-order valence-electron chi connectivity index (χ3n) is 4.46. The van der Waals surface area contributed by atoms with Crippen LogP contribution >= 0.6 is 0 Å². The van der Waals surface area contributed by atoms with Crippen molar-refractivity contribution in [2.75, 3.05) is 6.54 Å². The number of nitrogens with one attached hydrogen (secondary N) is 4. The van der Waals surface area contributed by atoms with Crippen LogP contribution in [0.4, 0.5) is 0 Å². The first-order valence-corrected chi connectivity index (χ1v) is 10.6. The predicted octanol–water partition coefficient (Wildman–Crippen LogP) is -1.35. The maximum absolute atomic E-state index is 12.6. The molecule has 0 saturated carbocycles. The van der Waals surface area contributed by atoms with Crippen molar-refractivity contribution in [3.63, 3.8) is 0 Å². The minimum atomic E-state index is -0.949. The summed E-state index contributed by atoms with van der Waals surface area (Å²) in [4.78, 5) is 59.4. The van der Waals surface area contributed by atoms with Gasteiger partial charge in [-0.3, -0.25) is 24.0 Å². The largest absolute Gasteiger partial charge is 0.368 e. The number of hydrogen-bond donors (Lipinski definition) is 6. The van der Waals surface area contributed by atoms with Gasteiger partial charge in [-0.05, 0) is 45.4 Å². The van der Waals surface area contributed by atoms with E-state index in [-0.39, 0.29) is 11.8 Å². The van der Waals surface area contributed by atoms with Crippen LogP contribution in [0, 0.1) is 5.92 Å². The second-order valence-electron chi connectivity index (χ2n) is 8.15. The Bertz CT molecular complexity index is 638. The molecule has 11 heteroatoms. The van der Waals surface area contributed by atoms with Crippen molar-refractivity contribution in [1.82, 2.24) is 21.3 Å². The van der Waals surface area contributed by atoms with Crippen LogP contribution in [0.2, 0.25) is 0 Å². The molecule has 0 heterocycles. The Kier molecular flexibility index (Phi) is 13.1. The highest BCUT2D eigenvalue weighted by molar-refractivity contribution is 5.94. The SMILES string of the molecule is CC(=O)NCCCC[C@H](NC(=O)[C@H](C)NC(=O)[C@H](CC(C)C)NC(=O)[C@H](C)N)C(N)=O. The van der Waals surface area contributed by atoms with Crippen molar-refractivity contribution in [2.45, 2.75) is 84.5 Å². The molecule has 4 atom stereocenters. The first-order valence-electron chi connectivity index (χ1n) is 10.6. The Balaban J connectivity index is 4.81. The van der Waals surface area contributed by atoms with E-state index in [1.165, 1.54) is 20.8 Å². The van der Waals surface area contributed by atoms with E-state index in [0.717, 1.165) is 0 Å². The Hall–Kier alpha value is -2.69. The lowest BCUT2D eigenvalue weighted by Crippen LogP contribution is -2.56. The molecular formula is C20H38N6O5. The highest BCUT2D eigenvalue weighted by Crippen LogP contribution is 2.06. The van der Waals surface area contributed by atoms with Crippen LogP contribution in [0.1, 0.15) is 60.3 Å². The fourth-order valence-corrected chi connectivity index (χ4v) is 2.71. The van der Waals surface area contributed by atoms with E-state index in [9.17, 15) is 24.0 Å². The number of unbranched alkanes of at least 4 members (excludes halogenated alkanes) is 1. The van der Waals surface area contributed by atoms with Gasteiger partial charge in [0.25, 0.3) is 0 Å². The molecule has 8 N–H and O–H groups in total. The Morgan fingerprint density at radius 3 is 1.87 bits per heavy atom. The molecule has 0 saturated heterocycles. The van der Waals surface area contributed by atoms with Crippen LogP contribution in [0.15, 0.2) is 0 Å². The topological polar surface area (TPSA) is 186 Å². The monoisotopic (exact) mass is 442 g/mol. The quantitative estimate of drug-likeness (QED) is 0.180. The van der Waals surface area contributed by atoms with E-state index in [1.54, 1.807) is 0 Å². The lowest BCUT2D eigenvalue weighted by molar-refractivity contribution is -0.133. The molecule has 31 heavy (non-hydrogen) atoms. The van der Waals surface area contributed by atoms with Crippen LogP contribution < -0.4 is 32.7 Å². The zero-order valence-electron chi connectivity index (χ0n) is 19.1. The van der Waals surface area contributed by atoms with Crippen LogP contribution in [0.3, 0.4) is 0 Å². The van der Waals surface area contributed by atoms with Crippen molar-refractivity contribution in [1.29, 1.82) is 0 Å². The normalized spacial score (nSPS) is 14.7. The fraction of sp³-hybridized carbons (Fsp3) is 0.750. The minimum Gasteiger partial charge on any atom is -0.368 e. The van der Waals surface area contributed by atoms with Gasteiger partial charge in [-0.1, -0.05) is 13.8 Å². The Morgan fingerprint density at radius 2 is 1.39 bits per heavy atom. The zero-order chi connectivity index (χ0) is 24.1. The van der Waals surface area contributed by atoms with Gasteiger partial charge in [-0.15, -0.1) is 0 Å². The van der Waals surface area contributed by atoms with Gasteiger partial charge in [0.1, 0.15) is 18.1 Å². The zero-order valence-corrected chi connectivity index (χ0v) is 19.1. The molecule has 0 radical (unpaired) electrons. The molecule has 0 fully saturated rings. The Labute approximate surface area is 183 Å². The summed E-state index contributed by atoms with van der Waals surface area (Å²) < 4.78 is 0. The fourth-order valence-electron chi connectivity index (χ4n) is 2.71. The first kappa shape index (κ1) is 28.3. The van der Waals surface area contributed by atoms with Gasteiger partial charge in [0.15, 0.2) is 0 Å². The van der Waals surface area contributed by atoms with Crippen LogP contribution in [-0.4, -0.2) is 60.2 Å². The Morgan fingerprint density at radius 1 is 0.806 bits per heavy atom. The number of carbonyl (C=O) groups is 5. The first-order chi connectivity index (χ1) is 14.3. The van der Waals surface area contributed by atoms with Crippen LogP contribution in [0.25, 0.3) is 0 Å². The molecule has 0 rings (SSSR count). The molecule has 0 bridgehead atoms. The summed E-state index contributed by atoms with van der Waals surface area (Å²) in [6, 6.07) is -3.45. The van der Waals surface area contributed by atoms with Crippen molar-refractivity contribution in [3.05, 3.63) is 0 Å². The van der Waals surface area contributed by atoms with Gasteiger partial charge >= 0.3 is 0 Å². The average Bonchev–Trinajstić information content (AvgIpc) is 2.64. The molecule has 11 nitrogen and oxygen atoms in total.